The van der Waals surface area contributed by atoms with Crippen LogP contribution in [-0.4, -0.2) is 55.2 Å². The minimum atomic E-state index is -0.793. The van der Waals surface area contributed by atoms with Crippen molar-refractivity contribution in [3.05, 3.63) is 77.0 Å². The molecule has 1 atom stereocenters. The third kappa shape index (κ3) is 5.02. The van der Waals surface area contributed by atoms with Gasteiger partial charge in [-0.3, -0.25) is 9.20 Å². The average Bonchev–Trinajstić information content (AvgIpc) is 3.67. The van der Waals surface area contributed by atoms with Gasteiger partial charge in [0.1, 0.15) is 22.9 Å². The summed E-state index contributed by atoms with van der Waals surface area (Å²) in [5, 5.41) is 13.3. The SMILES string of the molecule is CC(C)(C)OC(=O)N1Cc2c(-c3cnc4cc(F)ccn34)ccc(Nc3ccc([C@@H]4CCOC4)c(CO)n3)c2C1=O. The van der Waals surface area contributed by atoms with Crippen LogP contribution in [0.1, 0.15) is 60.3 Å². The molecule has 0 radical (unpaired) electrons. The fourth-order valence-corrected chi connectivity index (χ4v) is 5.38. The van der Waals surface area contributed by atoms with Gasteiger partial charge in [-0.25, -0.2) is 24.1 Å². The van der Waals surface area contributed by atoms with Crippen LogP contribution in [0.3, 0.4) is 0 Å². The largest absolute Gasteiger partial charge is 0.443 e. The summed E-state index contributed by atoms with van der Waals surface area (Å²) in [5.41, 5.74) is 3.76. The lowest BCUT2D eigenvalue weighted by molar-refractivity contribution is 0.0248. The van der Waals surface area contributed by atoms with E-state index in [4.69, 9.17) is 9.47 Å². The number of aliphatic hydroxyl groups is 1. The smallest absolute Gasteiger partial charge is 0.417 e. The van der Waals surface area contributed by atoms with Crippen molar-refractivity contribution < 1.29 is 28.6 Å². The normalized spacial score (nSPS) is 16.9. The Morgan fingerprint density at radius 1 is 1.24 bits per heavy atom. The highest BCUT2D eigenvalue weighted by Crippen LogP contribution is 2.39. The number of rotatable bonds is 5. The van der Waals surface area contributed by atoms with Crippen molar-refractivity contribution in [2.45, 2.75) is 51.9 Å². The molecule has 1 aromatic carbocycles. The maximum absolute atomic E-state index is 13.8. The monoisotopic (exact) mass is 559 g/mol. The number of nitrogens with zero attached hydrogens (tertiary/aromatic N) is 4. The molecule has 5 heterocycles. The van der Waals surface area contributed by atoms with Crippen LogP contribution in [0.4, 0.5) is 20.7 Å². The number of carbonyl (C=O) groups is 2. The van der Waals surface area contributed by atoms with E-state index in [2.05, 4.69) is 15.3 Å². The Labute approximate surface area is 235 Å². The van der Waals surface area contributed by atoms with Gasteiger partial charge in [0.05, 0.1) is 48.6 Å². The van der Waals surface area contributed by atoms with Gasteiger partial charge in [0.15, 0.2) is 0 Å². The minimum absolute atomic E-state index is 0.0156. The first-order chi connectivity index (χ1) is 19.6. The number of imide groups is 1. The van der Waals surface area contributed by atoms with Crippen LogP contribution in [-0.2, 0) is 22.6 Å². The number of anilines is 2. The van der Waals surface area contributed by atoms with Crippen molar-refractivity contribution in [1.82, 2.24) is 19.3 Å². The van der Waals surface area contributed by atoms with E-state index in [9.17, 15) is 19.1 Å². The lowest BCUT2D eigenvalue weighted by Gasteiger charge is -2.23. The minimum Gasteiger partial charge on any atom is -0.443 e. The molecule has 2 aliphatic heterocycles. The van der Waals surface area contributed by atoms with Crippen LogP contribution in [0.5, 0.6) is 0 Å². The second-order valence-corrected chi connectivity index (χ2v) is 11.2. The Kier molecular flexibility index (Phi) is 6.71. The third-order valence-corrected chi connectivity index (χ3v) is 7.24. The highest BCUT2D eigenvalue weighted by atomic mass is 19.1. The first-order valence-corrected chi connectivity index (χ1v) is 13.4. The molecule has 2 amide bonds. The van der Waals surface area contributed by atoms with Crippen LogP contribution in [0.25, 0.3) is 16.9 Å². The summed E-state index contributed by atoms with van der Waals surface area (Å²) in [6.45, 7) is 6.21. The van der Waals surface area contributed by atoms with Gasteiger partial charge >= 0.3 is 6.09 Å². The second kappa shape index (κ2) is 10.2. The predicted octanol–water partition coefficient (Wildman–Crippen LogP) is 5.17. The van der Waals surface area contributed by atoms with Gasteiger partial charge in [-0.1, -0.05) is 12.1 Å². The number of aliphatic hydroxyl groups excluding tert-OH is 1. The molecule has 0 spiro atoms. The van der Waals surface area contributed by atoms with Crippen molar-refractivity contribution in [3.63, 3.8) is 0 Å². The Morgan fingerprint density at radius 2 is 2.07 bits per heavy atom. The van der Waals surface area contributed by atoms with Crippen molar-refractivity contribution in [3.8, 4) is 11.3 Å². The average molecular weight is 560 g/mol. The predicted molar refractivity (Wildman–Crippen MR) is 148 cm³/mol. The first kappa shape index (κ1) is 26.9. The maximum Gasteiger partial charge on any atom is 0.417 e. The number of ether oxygens (including phenoxy) is 2. The molecule has 1 fully saturated rings. The van der Waals surface area contributed by atoms with Crippen molar-refractivity contribution in [2.75, 3.05) is 18.5 Å². The van der Waals surface area contributed by atoms with E-state index in [1.807, 2.05) is 12.1 Å². The Bertz CT molecular complexity index is 1670. The van der Waals surface area contributed by atoms with Gasteiger partial charge in [-0.15, -0.1) is 0 Å². The van der Waals surface area contributed by atoms with Crippen LogP contribution in [0.15, 0.2) is 48.8 Å². The summed E-state index contributed by atoms with van der Waals surface area (Å²) in [5.74, 6) is -0.307. The zero-order valence-corrected chi connectivity index (χ0v) is 23.0. The third-order valence-electron chi connectivity index (χ3n) is 7.24. The van der Waals surface area contributed by atoms with Gasteiger partial charge in [-0.2, -0.15) is 0 Å². The molecular weight excluding hydrogens is 529 g/mol. The lowest BCUT2D eigenvalue weighted by atomic mass is 9.97. The first-order valence-electron chi connectivity index (χ1n) is 13.4. The van der Waals surface area contributed by atoms with E-state index in [1.54, 1.807) is 49.7 Å². The number of imidazole rings is 1. The van der Waals surface area contributed by atoms with Crippen LogP contribution in [0.2, 0.25) is 0 Å². The molecule has 2 aliphatic rings. The fourth-order valence-electron chi connectivity index (χ4n) is 5.38. The van der Waals surface area contributed by atoms with Crippen LogP contribution < -0.4 is 5.32 Å². The molecule has 11 heteroatoms. The highest BCUT2D eigenvalue weighted by molar-refractivity contribution is 6.11. The fraction of sp³-hybridized carbons (Fsp3) is 0.333. The van der Waals surface area contributed by atoms with Crippen molar-refractivity contribution in [2.24, 2.45) is 0 Å². The number of aromatic nitrogens is 3. The van der Waals surface area contributed by atoms with Gasteiger partial charge in [0, 0.05) is 30.4 Å². The van der Waals surface area contributed by atoms with E-state index in [0.29, 0.717) is 58.4 Å². The van der Waals surface area contributed by atoms with Crippen LogP contribution in [0, 0.1) is 5.82 Å². The van der Waals surface area contributed by atoms with Crippen LogP contribution >= 0.6 is 0 Å². The molecule has 6 rings (SSSR count). The molecule has 0 aliphatic carbocycles. The summed E-state index contributed by atoms with van der Waals surface area (Å²) in [6.07, 6.45) is 3.30. The number of hydrogen-bond donors (Lipinski definition) is 2. The van der Waals surface area contributed by atoms with E-state index < -0.39 is 23.4 Å². The molecule has 0 bridgehead atoms. The molecule has 1 saturated heterocycles. The molecule has 0 saturated carbocycles. The molecule has 41 heavy (non-hydrogen) atoms. The van der Waals surface area contributed by atoms with Gasteiger partial charge in [0.25, 0.3) is 5.91 Å². The molecule has 10 nitrogen and oxygen atoms in total. The molecule has 4 aromatic rings. The van der Waals surface area contributed by atoms with Crippen molar-refractivity contribution >= 4 is 29.2 Å². The highest BCUT2D eigenvalue weighted by Gasteiger charge is 2.39. The molecule has 0 unspecified atom stereocenters. The number of nitrogens with one attached hydrogen (secondary N) is 1. The van der Waals surface area contributed by atoms with E-state index in [1.165, 1.54) is 12.1 Å². The number of pyridine rings is 2. The van der Waals surface area contributed by atoms with E-state index in [0.717, 1.165) is 16.9 Å². The zero-order chi connectivity index (χ0) is 28.9. The molecule has 2 N–H and O–H groups in total. The Hall–Kier alpha value is -4.35. The number of carbonyl (C=O) groups excluding carboxylic acids is 2. The standard InChI is InChI=1S/C30H30FN5O5/c1-30(2,3)41-29(39)36-14-21-20(24-13-32-26-12-18(31)8-10-35(24)26)4-6-22(27(21)28(36)38)33-25-7-5-19(23(15-37)34-25)17-9-11-40-16-17/h4-8,10,12-13,17,37H,9,11,14-16H2,1-3H3,(H,33,34)/t17-/m1/s1. The molecule has 212 valence electrons. The number of hydrogen-bond acceptors (Lipinski definition) is 8. The second-order valence-electron chi connectivity index (χ2n) is 11.2. The zero-order valence-electron chi connectivity index (χ0n) is 23.0. The number of benzene rings is 1. The van der Waals surface area contributed by atoms with Gasteiger partial charge < -0.3 is 19.9 Å². The van der Waals surface area contributed by atoms with E-state index in [-0.39, 0.29) is 19.1 Å². The van der Waals surface area contributed by atoms with Crippen molar-refractivity contribution in [1.29, 1.82) is 0 Å². The number of fused-ring (bicyclic) bond motifs is 2. The maximum atomic E-state index is 13.8. The summed E-state index contributed by atoms with van der Waals surface area (Å²) in [7, 11) is 0. The van der Waals surface area contributed by atoms with Gasteiger partial charge in [-0.05, 0) is 56.5 Å². The number of amides is 2. The lowest BCUT2D eigenvalue weighted by Crippen LogP contribution is -2.37. The summed E-state index contributed by atoms with van der Waals surface area (Å²) >= 11 is 0. The van der Waals surface area contributed by atoms with E-state index >= 15 is 0 Å². The Balaban J connectivity index is 1.42. The summed E-state index contributed by atoms with van der Waals surface area (Å²) in [4.78, 5) is 36.8. The summed E-state index contributed by atoms with van der Waals surface area (Å²) in [6, 6.07) is 9.95. The topological polar surface area (TPSA) is 118 Å². The quantitative estimate of drug-likeness (QED) is 0.344. The summed E-state index contributed by atoms with van der Waals surface area (Å²) < 4.78 is 26.6. The van der Waals surface area contributed by atoms with Gasteiger partial charge in [0.2, 0.25) is 0 Å². The Morgan fingerprint density at radius 3 is 2.80 bits per heavy atom. The number of halogens is 1. The molecular formula is C30H30FN5O5. The molecule has 3 aromatic heterocycles.